The molecule has 0 bridgehead atoms. The predicted molar refractivity (Wildman–Crippen MR) is 72.8 cm³/mol. The van der Waals surface area contributed by atoms with Gasteiger partial charge in [-0.15, -0.1) is 0 Å². The molecule has 0 radical (unpaired) electrons. The summed E-state index contributed by atoms with van der Waals surface area (Å²) in [6.45, 7) is 3.93. The van der Waals surface area contributed by atoms with Crippen molar-refractivity contribution < 1.29 is 4.42 Å². The fourth-order valence-corrected chi connectivity index (χ4v) is 2.83. The molecule has 1 unspecified atom stereocenters. The maximum Gasteiger partial charge on any atom is 0.105 e. The Labute approximate surface area is 114 Å². The van der Waals surface area contributed by atoms with Crippen molar-refractivity contribution in [2.75, 3.05) is 0 Å². The summed E-state index contributed by atoms with van der Waals surface area (Å²) >= 11 is 9.78. The molecule has 0 spiro atoms. The minimum absolute atomic E-state index is 0.208. The molecule has 0 saturated heterocycles. The van der Waals surface area contributed by atoms with Crippen molar-refractivity contribution >= 4 is 27.5 Å². The minimum Gasteiger partial charge on any atom is -0.466 e. The standard InChI is InChI=1S/C13H13BrClNO/c1-8-5-11(9(2)17-8)12(14)6-10-3-4-16-7-13(10)15/h3-5,7,12H,6H2,1-2H3. The molecular weight excluding hydrogens is 302 g/mol. The summed E-state index contributed by atoms with van der Waals surface area (Å²) in [4.78, 5) is 4.19. The molecule has 2 nitrogen and oxygen atoms in total. The molecule has 90 valence electrons. The minimum atomic E-state index is 0.208. The molecule has 4 heteroatoms. The van der Waals surface area contributed by atoms with Gasteiger partial charge in [-0.3, -0.25) is 4.98 Å². The van der Waals surface area contributed by atoms with Gasteiger partial charge in [0, 0.05) is 22.8 Å². The van der Waals surface area contributed by atoms with Crippen LogP contribution < -0.4 is 0 Å². The Balaban J connectivity index is 2.20. The lowest BCUT2D eigenvalue weighted by Crippen LogP contribution is -1.96. The summed E-state index contributed by atoms with van der Waals surface area (Å²) in [5.74, 6) is 1.89. The van der Waals surface area contributed by atoms with Gasteiger partial charge in [0.25, 0.3) is 0 Å². The van der Waals surface area contributed by atoms with Crippen LogP contribution in [-0.2, 0) is 6.42 Å². The molecule has 17 heavy (non-hydrogen) atoms. The molecule has 1 atom stereocenters. The van der Waals surface area contributed by atoms with Gasteiger partial charge in [-0.1, -0.05) is 27.5 Å². The Morgan fingerprint density at radius 3 is 2.82 bits per heavy atom. The number of hydrogen-bond acceptors (Lipinski definition) is 2. The average molecular weight is 315 g/mol. The zero-order valence-corrected chi connectivity index (χ0v) is 12.0. The summed E-state index contributed by atoms with van der Waals surface area (Å²) < 4.78 is 5.53. The third-order valence-electron chi connectivity index (χ3n) is 2.67. The maximum atomic E-state index is 6.09. The molecule has 2 heterocycles. The monoisotopic (exact) mass is 313 g/mol. The van der Waals surface area contributed by atoms with Gasteiger partial charge in [-0.25, -0.2) is 0 Å². The summed E-state index contributed by atoms with van der Waals surface area (Å²) in [5, 5.41) is 0.704. The van der Waals surface area contributed by atoms with E-state index in [1.807, 2.05) is 19.9 Å². The number of aromatic nitrogens is 1. The first-order valence-electron chi connectivity index (χ1n) is 5.37. The van der Waals surface area contributed by atoms with Crippen LogP contribution in [0.2, 0.25) is 5.02 Å². The number of alkyl halides is 1. The first-order valence-corrected chi connectivity index (χ1v) is 6.66. The second kappa shape index (κ2) is 5.23. The second-order valence-corrected chi connectivity index (χ2v) is 5.52. The molecule has 2 aromatic heterocycles. The molecule has 2 rings (SSSR count). The Kier molecular flexibility index (Phi) is 3.89. The van der Waals surface area contributed by atoms with Crippen molar-refractivity contribution in [1.82, 2.24) is 4.98 Å². The fourth-order valence-electron chi connectivity index (χ4n) is 1.83. The van der Waals surface area contributed by atoms with Gasteiger partial charge < -0.3 is 4.42 Å². The van der Waals surface area contributed by atoms with Crippen molar-refractivity contribution in [3.63, 3.8) is 0 Å². The second-order valence-electron chi connectivity index (χ2n) is 4.01. The Morgan fingerprint density at radius 1 is 1.47 bits per heavy atom. The van der Waals surface area contributed by atoms with Crippen molar-refractivity contribution in [3.8, 4) is 0 Å². The highest BCUT2D eigenvalue weighted by molar-refractivity contribution is 9.09. The first kappa shape index (κ1) is 12.7. The van der Waals surface area contributed by atoms with E-state index in [1.54, 1.807) is 12.4 Å². The number of hydrogen-bond donors (Lipinski definition) is 0. The van der Waals surface area contributed by atoms with E-state index in [0.717, 1.165) is 23.5 Å². The van der Waals surface area contributed by atoms with Gasteiger partial charge in [0.1, 0.15) is 11.5 Å². The Morgan fingerprint density at radius 2 is 2.24 bits per heavy atom. The Bertz CT molecular complexity index is 524. The van der Waals surface area contributed by atoms with E-state index in [4.69, 9.17) is 16.0 Å². The molecule has 0 fully saturated rings. The number of halogens is 2. The van der Waals surface area contributed by atoms with Gasteiger partial charge in [-0.2, -0.15) is 0 Å². The summed E-state index contributed by atoms with van der Waals surface area (Å²) in [7, 11) is 0. The molecular formula is C13H13BrClNO. The van der Waals surface area contributed by atoms with Crippen LogP contribution in [0, 0.1) is 13.8 Å². The highest BCUT2D eigenvalue weighted by Gasteiger charge is 2.16. The average Bonchev–Trinajstić information content (AvgIpc) is 2.61. The van der Waals surface area contributed by atoms with E-state index in [0.29, 0.717) is 5.02 Å². The lowest BCUT2D eigenvalue weighted by atomic mass is 10.1. The van der Waals surface area contributed by atoms with E-state index in [2.05, 4.69) is 27.0 Å². The quantitative estimate of drug-likeness (QED) is 0.772. The van der Waals surface area contributed by atoms with E-state index in [1.165, 1.54) is 5.56 Å². The molecule has 0 saturated carbocycles. The smallest absolute Gasteiger partial charge is 0.105 e. The number of pyridine rings is 1. The van der Waals surface area contributed by atoms with E-state index >= 15 is 0 Å². The molecule has 0 N–H and O–H groups in total. The zero-order chi connectivity index (χ0) is 12.4. The van der Waals surface area contributed by atoms with Crippen molar-refractivity contribution in [3.05, 3.63) is 52.2 Å². The van der Waals surface area contributed by atoms with Crippen LogP contribution in [0.25, 0.3) is 0 Å². The van der Waals surface area contributed by atoms with Crippen LogP contribution in [0.5, 0.6) is 0 Å². The zero-order valence-electron chi connectivity index (χ0n) is 9.71. The van der Waals surface area contributed by atoms with Crippen molar-refractivity contribution in [1.29, 1.82) is 0 Å². The van der Waals surface area contributed by atoms with Crippen molar-refractivity contribution in [2.45, 2.75) is 25.1 Å². The molecule has 0 aromatic carbocycles. The van der Waals surface area contributed by atoms with Gasteiger partial charge in [0.05, 0.1) is 5.02 Å². The van der Waals surface area contributed by atoms with Crippen LogP contribution in [0.15, 0.2) is 28.9 Å². The lowest BCUT2D eigenvalue weighted by Gasteiger charge is -2.09. The number of rotatable bonds is 3. The number of aryl methyl sites for hydroxylation is 2. The van der Waals surface area contributed by atoms with Gasteiger partial charge in [0.2, 0.25) is 0 Å². The SMILES string of the molecule is Cc1cc(C(Br)Cc2ccncc2Cl)c(C)o1. The van der Waals surface area contributed by atoms with Crippen LogP contribution in [0.3, 0.4) is 0 Å². The molecule has 0 aliphatic carbocycles. The van der Waals surface area contributed by atoms with Gasteiger partial charge in [0.15, 0.2) is 0 Å². The van der Waals surface area contributed by atoms with E-state index in [9.17, 15) is 0 Å². The molecule has 0 amide bonds. The third-order valence-corrected chi connectivity index (χ3v) is 3.83. The van der Waals surface area contributed by atoms with Crippen LogP contribution >= 0.6 is 27.5 Å². The normalized spacial score (nSPS) is 12.7. The van der Waals surface area contributed by atoms with Crippen LogP contribution in [0.4, 0.5) is 0 Å². The Hall–Kier alpha value is -0.800. The molecule has 0 aliphatic rings. The van der Waals surface area contributed by atoms with Crippen molar-refractivity contribution in [2.24, 2.45) is 0 Å². The topological polar surface area (TPSA) is 26.0 Å². The highest BCUT2D eigenvalue weighted by atomic mass is 79.9. The lowest BCUT2D eigenvalue weighted by molar-refractivity contribution is 0.501. The predicted octanol–water partition coefficient (Wildman–Crippen LogP) is 4.62. The number of nitrogens with zero attached hydrogens (tertiary/aromatic N) is 1. The maximum absolute atomic E-state index is 6.09. The molecule has 2 aromatic rings. The highest BCUT2D eigenvalue weighted by Crippen LogP contribution is 2.32. The number of furan rings is 1. The third kappa shape index (κ3) is 2.90. The van der Waals surface area contributed by atoms with Crippen LogP contribution in [0.1, 0.15) is 27.5 Å². The first-order chi connectivity index (χ1) is 8.08. The van der Waals surface area contributed by atoms with E-state index in [-0.39, 0.29) is 4.83 Å². The van der Waals surface area contributed by atoms with Gasteiger partial charge in [-0.05, 0) is 38.0 Å². The van der Waals surface area contributed by atoms with E-state index < -0.39 is 0 Å². The van der Waals surface area contributed by atoms with Crippen LogP contribution in [-0.4, -0.2) is 4.98 Å². The summed E-state index contributed by atoms with van der Waals surface area (Å²) in [6.07, 6.45) is 4.25. The fraction of sp³-hybridized carbons (Fsp3) is 0.308. The molecule has 0 aliphatic heterocycles. The summed E-state index contributed by atoms with van der Waals surface area (Å²) in [5.41, 5.74) is 2.26. The largest absolute Gasteiger partial charge is 0.466 e. The van der Waals surface area contributed by atoms with Gasteiger partial charge >= 0.3 is 0 Å². The summed E-state index contributed by atoms with van der Waals surface area (Å²) in [6, 6.07) is 4.00.